The normalized spacial score (nSPS) is 11.0. The van der Waals surface area contributed by atoms with E-state index in [-0.39, 0.29) is 12.3 Å². The lowest BCUT2D eigenvalue weighted by atomic mass is 10.2. The Morgan fingerprint density at radius 1 is 1.09 bits per heavy atom. The first-order chi connectivity index (χ1) is 10.8. The van der Waals surface area contributed by atoms with Gasteiger partial charge in [-0.25, -0.2) is 0 Å². The van der Waals surface area contributed by atoms with Crippen LogP contribution < -0.4 is 14.8 Å². The Balaban J connectivity index is 1.91. The molecule has 7 heteroatoms. The van der Waals surface area contributed by atoms with Crippen LogP contribution in [0.1, 0.15) is 5.56 Å². The number of amides is 1. The van der Waals surface area contributed by atoms with Crippen molar-refractivity contribution < 1.29 is 27.4 Å². The Morgan fingerprint density at radius 2 is 1.78 bits per heavy atom. The summed E-state index contributed by atoms with van der Waals surface area (Å²) in [6, 6.07) is 12.2. The molecule has 0 radical (unpaired) electrons. The van der Waals surface area contributed by atoms with E-state index in [1.807, 2.05) is 13.0 Å². The van der Waals surface area contributed by atoms with Crippen LogP contribution in [0, 0.1) is 6.92 Å². The Hall–Kier alpha value is -2.70. The number of carbonyl (C=O) groups is 1. The third-order valence-electron chi connectivity index (χ3n) is 2.71. The van der Waals surface area contributed by atoms with Crippen molar-refractivity contribution in [1.82, 2.24) is 0 Å². The van der Waals surface area contributed by atoms with E-state index in [2.05, 4.69) is 10.1 Å². The van der Waals surface area contributed by atoms with Crippen molar-refractivity contribution in [3.8, 4) is 11.5 Å². The number of anilines is 1. The molecule has 0 aromatic heterocycles. The van der Waals surface area contributed by atoms with Gasteiger partial charge in [0.25, 0.3) is 5.91 Å². The number of aryl methyl sites for hydroxylation is 1. The van der Waals surface area contributed by atoms with E-state index in [1.54, 1.807) is 18.2 Å². The van der Waals surface area contributed by atoms with E-state index < -0.39 is 18.0 Å². The molecule has 0 saturated heterocycles. The first kappa shape index (κ1) is 16.7. The Morgan fingerprint density at radius 3 is 2.48 bits per heavy atom. The fourth-order valence-electron chi connectivity index (χ4n) is 1.82. The number of hydrogen-bond acceptors (Lipinski definition) is 3. The second-order valence-corrected chi connectivity index (χ2v) is 4.73. The average Bonchev–Trinajstić information content (AvgIpc) is 2.44. The van der Waals surface area contributed by atoms with Crippen LogP contribution in [0.5, 0.6) is 11.5 Å². The van der Waals surface area contributed by atoms with Gasteiger partial charge >= 0.3 is 6.36 Å². The molecule has 1 amide bonds. The van der Waals surface area contributed by atoms with E-state index >= 15 is 0 Å². The van der Waals surface area contributed by atoms with E-state index in [1.165, 1.54) is 12.1 Å². The number of nitrogens with one attached hydrogen (secondary N) is 1. The van der Waals surface area contributed by atoms with E-state index in [0.717, 1.165) is 17.7 Å². The number of halogens is 3. The fraction of sp³-hybridized carbons (Fsp3) is 0.188. The number of benzene rings is 2. The topological polar surface area (TPSA) is 47.6 Å². The molecule has 0 fully saturated rings. The zero-order chi connectivity index (χ0) is 16.9. The molecule has 0 spiro atoms. The maximum atomic E-state index is 12.1. The number of carbonyl (C=O) groups excluding carboxylic acids is 1. The molecule has 1 N–H and O–H groups in total. The van der Waals surface area contributed by atoms with Crippen molar-refractivity contribution in [3.63, 3.8) is 0 Å². The van der Waals surface area contributed by atoms with Crippen molar-refractivity contribution in [2.75, 3.05) is 11.9 Å². The summed E-state index contributed by atoms with van der Waals surface area (Å²) >= 11 is 0. The van der Waals surface area contributed by atoms with Crippen molar-refractivity contribution in [1.29, 1.82) is 0 Å². The summed E-state index contributed by atoms with van der Waals surface area (Å²) in [6.45, 7) is 1.63. The molecule has 122 valence electrons. The molecule has 0 aliphatic carbocycles. The quantitative estimate of drug-likeness (QED) is 0.906. The predicted octanol–water partition coefficient (Wildman–Crippen LogP) is 3.91. The summed E-state index contributed by atoms with van der Waals surface area (Å²) < 4.78 is 45.5. The third-order valence-corrected chi connectivity index (χ3v) is 2.71. The standard InChI is InChI=1S/C16H14F3NO3/c1-11-4-2-6-13(8-11)22-10-15(21)20-12-5-3-7-14(9-12)23-16(17,18)19/h2-9H,10H2,1H3,(H,20,21). The molecule has 0 heterocycles. The number of ether oxygens (including phenoxy) is 2. The summed E-state index contributed by atoms with van der Waals surface area (Å²) in [4.78, 5) is 11.8. The van der Waals surface area contributed by atoms with E-state index in [4.69, 9.17) is 4.74 Å². The summed E-state index contributed by atoms with van der Waals surface area (Å²) in [7, 11) is 0. The lowest BCUT2D eigenvalue weighted by molar-refractivity contribution is -0.274. The Bertz CT molecular complexity index is 686. The molecule has 0 aliphatic rings. The van der Waals surface area contributed by atoms with Crippen LogP contribution in [-0.4, -0.2) is 18.9 Å². The largest absolute Gasteiger partial charge is 0.573 e. The Kier molecular flexibility index (Phi) is 5.10. The minimum Gasteiger partial charge on any atom is -0.484 e. The zero-order valence-electron chi connectivity index (χ0n) is 12.2. The van der Waals surface area contributed by atoms with Crippen LogP contribution in [0.2, 0.25) is 0 Å². The highest BCUT2D eigenvalue weighted by Gasteiger charge is 2.31. The molecule has 23 heavy (non-hydrogen) atoms. The molecule has 0 saturated carbocycles. The number of rotatable bonds is 5. The Labute approximate surface area is 130 Å². The van der Waals surface area contributed by atoms with Gasteiger partial charge in [0.1, 0.15) is 11.5 Å². The first-order valence-electron chi connectivity index (χ1n) is 6.67. The minimum atomic E-state index is -4.78. The maximum Gasteiger partial charge on any atom is 0.573 e. The van der Waals surface area contributed by atoms with Gasteiger partial charge < -0.3 is 14.8 Å². The smallest absolute Gasteiger partial charge is 0.484 e. The second kappa shape index (κ2) is 7.04. The maximum absolute atomic E-state index is 12.1. The van der Waals surface area contributed by atoms with Gasteiger partial charge in [0, 0.05) is 11.8 Å². The molecule has 0 aliphatic heterocycles. The summed E-state index contributed by atoms with van der Waals surface area (Å²) in [5.74, 6) is -0.361. The molecule has 2 aromatic carbocycles. The average molecular weight is 325 g/mol. The summed E-state index contributed by atoms with van der Waals surface area (Å²) in [5, 5.41) is 2.44. The number of alkyl halides is 3. The van der Waals surface area contributed by atoms with Crippen LogP contribution >= 0.6 is 0 Å². The molecule has 0 bridgehead atoms. The zero-order valence-corrected chi connectivity index (χ0v) is 12.2. The van der Waals surface area contributed by atoms with Gasteiger partial charge in [-0.3, -0.25) is 4.79 Å². The molecule has 2 rings (SSSR count). The van der Waals surface area contributed by atoms with Gasteiger partial charge in [-0.15, -0.1) is 13.2 Å². The lowest BCUT2D eigenvalue weighted by Gasteiger charge is -2.11. The SMILES string of the molecule is Cc1cccc(OCC(=O)Nc2cccc(OC(F)(F)F)c2)c1. The molecule has 0 atom stereocenters. The lowest BCUT2D eigenvalue weighted by Crippen LogP contribution is -2.20. The highest BCUT2D eigenvalue weighted by Crippen LogP contribution is 2.25. The fourth-order valence-corrected chi connectivity index (χ4v) is 1.82. The van der Waals surface area contributed by atoms with Gasteiger partial charge in [0.05, 0.1) is 0 Å². The molecular formula is C16H14F3NO3. The van der Waals surface area contributed by atoms with Gasteiger partial charge in [0.2, 0.25) is 0 Å². The minimum absolute atomic E-state index is 0.185. The van der Waals surface area contributed by atoms with Crippen LogP contribution in [-0.2, 0) is 4.79 Å². The third kappa shape index (κ3) is 5.90. The van der Waals surface area contributed by atoms with E-state index in [9.17, 15) is 18.0 Å². The van der Waals surface area contributed by atoms with Crippen LogP contribution in [0.4, 0.5) is 18.9 Å². The summed E-state index contributed by atoms with van der Waals surface area (Å²) in [5.41, 5.74) is 1.17. The first-order valence-corrected chi connectivity index (χ1v) is 6.67. The van der Waals surface area contributed by atoms with Gasteiger partial charge in [0.15, 0.2) is 6.61 Å². The highest BCUT2D eigenvalue weighted by molar-refractivity contribution is 5.92. The molecule has 4 nitrogen and oxygen atoms in total. The second-order valence-electron chi connectivity index (χ2n) is 4.73. The molecule has 0 unspecified atom stereocenters. The predicted molar refractivity (Wildman–Crippen MR) is 78.4 cm³/mol. The van der Waals surface area contributed by atoms with Crippen LogP contribution in [0.15, 0.2) is 48.5 Å². The summed E-state index contributed by atoms with van der Waals surface area (Å²) in [6.07, 6.45) is -4.78. The van der Waals surface area contributed by atoms with E-state index in [0.29, 0.717) is 5.75 Å². The van der Waals surface area contributed by atoms with Crippen molar-refractivity contribution in [2.45, 2.75) is 13.3 Å². The van der Waals surface area contributed by atoms with Crippen molar-refractivity contribution >= 4 is 11.6 Å². The van der Waals surface area contributed by atoms with Gasteiger partial charge in [-0.1, -0.05) is 18.2 Å². The van der Waals surface area contributed by atoms with Crippen LogP contribution in [0.3, 0.4) is 0 Å². The number of hydrogen-bond donors (Lipinski definition) is 1. The highest BCUT2D eigenvalue weighted by atomic mass is 19.4. The van der Waals surface area contributed by atoms with Crippen molar-refractivity contribution in [3.05, 3.63) is 54.1 Å². The van der Waals surface area contributed by atoms with Crippen molar-refractivity contribution in [2.24, 2.45) is 0 Å². The van der Waals surface area contributed by atoms with Crippen LogP contribution in [0.25, 0.3) is 0 Å². The van der Waals surface area contributed by atoms with Gasteiger partial charge in [-0.2, -0.15) is 0 Å². The molecule has 2 aromatic rings. The van der Waals surface area contributed by atoms with Gasteiger partial charge in [-0.05, 0) is 36.8 Å². The monoisotopic (exact) mass is 325 g/mol. The molecular weight excluding hydrogens is 311 g/mol.